The molecule has 1 N–H and O–H groups in total. The first-order valence-corrected chi connectivity index (χ1v) is 9.67. The molecule has 2 rings (SSSR count). The summed E-state index contributed by atoms with van der Waals surface area (Å²) >= 11 is 6.01. The Kier molecular flexibility index (Phi) is 7.61. The minimum absolute atomic E-state index is 0.0668. The molecule has 0 saturated carbocycles. The third kappa shape index (κ3) is 6.42. The molecule has 1 heterocycles. The van der Waals surface area contributed by atoms with Crippen LogP contribution in [0.25, 0.3) is 11.1 Å². The van der Waals surface area contributed by atoms with Crippen molar-refractivity contribution >= 4 is 23.7 Å². The zero-order chi connectivity index (χ0) is 23.3. The predicted octanol–water partition coefficient (Wildman–Crippen LogP) is 2.51. The largest absolute Gasteiger partial charge is 0.444 e. The van der Waals surface area contributed by atoms with Gasteiger partial charge in [0.15, 0.2) is 6.73 Å². The van der Waals surface area contributed by atoms with Crippen LogP contribution in [0.1, 0.15) is 27.7 Å². The number of esters is 1. The molecule has 31 heavy (non-hydrogen) atoms. The molecule has 0 radical (unpaired) electrons. The molecule has 0 atom stereocenters. The number of benzene rings is 1. The number of rotatable bonds is 6. The fourth-order valence-corrected chi connectivity index (χ4v) is 2.81. The number of nitrogens with zero attached hydrogens (tertiary/aromatic N) is 2. The van der Waals surface area contributed by atoms with Crippen LogP contribution in [0.4, 0.5) is 9.18 Å². The van der Waals surface area contributed by atoms with Crippen molar-refractivity contribution in [3.63, 3.8) is 0 Å². The second-order valence-electron chi connectivity index (χ2n) is 7.55. The van der Waals surface area contributed by atoms with E-state index < -0.39 is 41.5 Å². The van der Waals surface area contributed by atoms with E-state index in [0.29, 0.717) is 0 Å². The second-order valence-corrected chi connectivity index (χ2v) is 7.92. The fraction of sp³-hybridized carbons (Fsp3) is 0.400. The summed E-state index contributed by atoms with van der Waals surface area (Å²) in [5, 5.41) is 2.16. The van der Waals surface area contributed by atoms with Crippen molar-refractivity contribution in [1.82, 2.24) is 14.5 Å². The van der Waals surface area contributed by atoms with Crippen LogP contribution in [0.5, 0.6) is 0 Å². The molecule has 0 spiro atoms. The maximum absolute atomic E-state index is 13.9. The quantitative estimate of drug-likeness (QED) is 0.670. The molecule has 0 bridgehead atoms. The van der Waals surface area contributed by atoms with Gasteiger partial charge in [0.05, 0.1) is 10.6 Å². The highest BCUT2D eigenvalue weighted by Gasteiger charge is 2.19. The van der Waals surface area contributed by atoms with Crippen LogP contribution in [0.2, 0.25) is 5.02 Å². The van der Waals surface area contributed by atoms with Crippen molar-refractivity contribution in [2.24, 2.45) is 0 Å². The Morgan fingerprint density at radius 3 is 2.48 bits per heavy atom. The Morgan fingerprint density at radius 2 is 1.87 bits per heavy atom. The van der Waals surface area contributed by atoms with Gasteiger partial charge in [0, 0.05) is 31.8 Å². The van der Waals surface area contributed by atoms with Crippen LogP contribution in [0, 0.1) is 5.82 Å². The van der Waals surface area contributed by atoms with E-state index in [9.17, 15) is 23.6 Å². The van der Waals surface area contributed by atoms with Crippen molar-refractivity contribution in [2.75, 3.05) is 6.54 Å². The summed E-state index contributed by atoms with van der Waals surface area (Å²) in [5.74, 6) is -1.38. The van der Waals surface area contributed by atoms with E-state index in [1.54, 1.807) is 20.8 Å². The van der Waals surface area contributed by atoms with Crippen molar-refractivity contribution in [1.29, 1.82) is 0 Å². The highest BCUT2D eigenvalue weighted by molar-refractivity contribution is 6.33. The molecule has 0 unspecified atom stereocenters. The molecule has 1 aromatic heterocycles. The van der Waals surface area contributed by atoms with Gasteiger partial charge in [-0.15, -0.1) is 0 Å². The number of nitrogens with one attached hydrogen (secondary N) is 1. The Labute approximate surface area is 182 Å². The van der Waals surface area contributed by atoms with E-state index in [4.69, 9.17) is 21.1 Å². The Hall–Kier alpha value is -3.14. The van der Waals surface area contributed by atoms with Crippen LogP contribution in [0.3, 0.4) is 0 Å². The second kappa shape index (κ2) is 9.78. The van der Waals surface area contributed by atoms with Gasteiger partial charge in [-0.05, 0) is 26.8 Å². The highest BCUT2D eigenvalue weighted by atomic mass is 35.5. The van der Waals surface area contributed by atoms with E-state index in [1.807, 2.05) is 0 Å². The summed E-state index contributed by atoms with van der Waals surface area (Å²) < 4.78 is 25.7. The molecule has 168 valence electrons. The van der Waals surface area contributed by atoms with Crippen molar-refractivity contribution in [2.45, 2.75) is 46.6 Å². The van der Waals surface area contributed by atoms with Crippen LogP contribution in [-0.4, -0.2) is 33.3 Å². The topological polar surface area (TPSA) is 109 Å². The van der Waals surface area contributed by atoms with Gasteiger partial charge in [0.25, 0.3) is 5.56 Å². The smallest absolute Gasteiger partial charge is 0.407 e. The Bertz CT molecular complexity index is 1100. The molecule has 1 aromatic carbocycles. The minimum Gasteiger partial charge on any atom is -0.444 e. The zero-order valence-electron chi connectivity index (χ0n) is 17.5. The lowest BCUT2D eigenvalue weighted by atomic mass is 10.1. The number of halogens is 2. The van der Waals surface area contributed by atoms with Crippen LogP contribution in [-0.2, 0) is 27.5 Å². The number of hydrogen-bond donors (Lipinski definition) is 1. The molecule has 1 amide bonds. The molecule has 0 aliphatic rings. The molecule has 0 aliphatic heterocycles. The van der Waals surface area contributed by atoms with Crippen LogP contribution >= 0.6 is 11.6 Å². The molecular weight excluding hydrogens is 433 g/mol. The predicted molar refractivity (Wildman–Crippen MR) is 111 cm³/mol. The van der Waals surface area contributed by atoms with Gasteiger partial charge in [-0.2, -0.15) is 0 Å². The lowest BCUT2D eigenvalue weighted by molar-refractivity contribution is -0.144. The number of aromatic nitrogens is 2. The summed E-state index contributed by atoms with van der Waals surface area (Å²) in [7, 11) is 0. The van der Waals surface area contributed by atoms with Crippen LogP contribution in [0.15, 0.2) is 34.0 Å². The number of ether oxygens (including phenoxy) is 2. The number of amides is 1. The Morgan fingerprint density at radius 1 is 1.19 bits per heavy atom. The number of carbonyl (C=O) groups excluding carboxylic acids is 2. The maximum Gasteiger partial charge on any atom is 0.407 e. The van der Waals surface area contributed by atoms with Crippen molar-refractivity contribution in [3.05, 3.63) is 56.1 Å². The van der Waals surface area contributed by atoms with Crippen molar-refractivity contribution in [3.8, 4) is 11.1 Å². The number of alkyl carbamates (subject to hydrolysis) is 1. The van der Waals surface area contributed by atoms with E-state index in [2.05, 4.69) is 5.32 Å². The van der Waals surface area contributed by atoms with E-state index >= 15 is 0 Å². The number of carbonyl (C=O) groups is 2. The molecule has 0 aliphatic carbocycles. The van der Waals surface area contributed by atoms with Gasteiger partial charge in [0.1, 0.15) is 11.4 Å². The standard InChI is InChI=1S/C20H23ClFN3O6/c1-12(26)30-11-24-10-14(13-6-5-7-15(22)16(13)21)17(27)25(19(24)29)9-8-23-18(28)31-20(2,3)4/h5-7,10H,8-9,11H2,1-4H3,(H,23,28). The summed E-state index contributed by atoms with van der Waals surface area (Å²) in [5.41, 5.74) is -2.26. The molecule has 0 saturated heterocycles. The summed E-state index contributed by atoms with van der Waals surface area (Å²) in [6, 6.07) is 3.92. The maximum atomic E-state index is 13.9. The van der Waals surface area contributed by atoms with Gasteiger partial charge in [-0.3, -0.25) is 18.7 Å². The molecule has 2 aromatic rings. The van der Waals surface area contributed by atoms with Gasteiger partial charge in [0.2, 0.25) is 0 Å². The first-order chi connectivity index (χ1) is 14.4. The SMILES string of the molecule is CC(=O)OCn1cc(-c2cccc(F)c2Cl)c(=O)n(CCNC(=O)OC(C)(C)C)c1=O. The van der Waals surface area contributed by atoms with Crippen LogP contribution < -0.4 is 16.6 Å². The third-order valence-corrected chi connectivity index (χ3v) is 4.27. The minimum atomic E-state index is -0.784. The summed E-state index contributed by atoms with van der Waals surface area (Å²) in [6.45, 7) is 5.46. The van der Waals surface area contributed by atoms with E-state index in [-0.39, 0.29) is 29.2 Å². The van der Waals surface area contributed by atoms with E-state index in [0.717, 1.165) is 28.3 Å². The van der Waals surface area contributed by atoms with Gasteiger partial charge in [-0.1, -0.05) is 23.7 Å². The molecule has 9 nitrogen and oxygen atoms in total. The fourth-order valence-electron chi connectivity index (χ4n) is 2.58. The number of hydrogen-bond acceptors (Lipinski definition) is 6. The Balaban J connectivity index is 2.44. The summed E-state index contributed by atoms with van der Waals surface area (Å²) in [4.78, 5) is 48.7. The highest BCUT2D eigenvalue weighted by Crippen LogP contribution is 2.27. The average molecular weight is 456 g/mol. The van der Waals surface area contributed by atoms with Crippen molar-refractivity contribution < 1.29 is 23.5 Å². The first kappa shape index (κ1) is 24.1. The zero-order valence-corrected chi connectivity index (χ0v) is 18.3. The van der Waals surface area contributed by atoms with Gasteiger partial charge >= 0.3 is 17.8 Å². The summed E-state index contributed by atoms with van der Waals surface area (Å²) in [6.07, 6.45) is 0.427. The lowest BCUT2D eigenvalue weighted by Crippen LogP contribution is -2.43. The molecule has 0 fully saturated rings. The monoisotopic (exact) mass is 455 g/mol. The molecule has 11 heteroatoms. The third-order valence-electron chi connectivity index (χ3n) is 3.89. The molecular formula is C20H23ClFN3O6. The van der Waals surface area contributed by atoms with E-state index in [1.165, 1.54) is 12.1 Å². The average Bonchev–Trinajstić information content (AvgIpc) is 2.65. The normalized spacial score (nSPS) is 11.2. The van der Waals surface area contributed by atoms with Gasteiger partial charge in [-0.25, -0.2) is 14.0 Å². The lowest BCUT2D eigenvalue weighted by Gasteiger charge is -2.20. The van der Waals surface area contributed by atoms with Gasteiger partial charge < -0.3 is 14.8 Å². The first-order valence-electron chi connectivity index (χ1n) is 9.29.